The van der Waals surface area contributed by atoms with E-state index in [1.165, 1.54) is 4.90 Å². The van der Waals surface area contributed by atoms with E-state index >= 15 is 0 Å². The molecule has 0 radical (unpaired) electrons. The lowest BCUT2D eigenvalue weighted by atomic mass is 10.2. The van der Waals surface area contributed by atoms with Gasteiger partial charge in [0.05, 0.1) is 0 Å². The maximum atomic E-state index is 13.2. The van der Waals surface area contributed by atoms with Crippen LogP contribution in [0.4, 0.5) is 22.7 Å². The summed E-state index contributed by atoms with van der Waals surface area (Å²) in [5, 5.41) is 0. The first-order valence-corrected chi connectivity index (χ1v) is 8.79. The van der Waals surface area contributed by atoms with Crippen molar-refractivity contribution in [3.05, 3.63) is 84.4 Å². The third-order valence-corrected chi connectivity index (χ3v) is 4.68. The average molecular weight is 357 g/mol. The highest BCUT2D eigenvalue weighted by Crippen LogP contribution is 2.30. The second-order valence-corrected chi connectivity index (χ2v) is 6.40. The number of nitrogens with zero attached hydrogens (tertiary/aromatic N) is 2. The number of nitrogen functional groups attached to an aromatic ring is 1. The molecule has 0 aliphatic carbocycles. The summed E-state index contributed by atoms with van der Waals surface area (Å²) in [6, 6.07) is 23.8. The van der Waals surface area contributed by atoms with Crippen LogP contribution in [0.25, 0.3) is 0 Å². The van der Waals surface area contributed by atoms with E-state index in [0.29, 0.717) is 23.6 Å². The first kappa shape index (κ1) is 16.8. The van der Waals surface area contributed by atoms with Gasteiger partial charge in [0, 0.05) is 29.3 Å². The van der Waals surface area contributed by atoms with E-state index in [1.807, 2.05) is 42.5 Å². The average Bonchev–Trinajstić information content (AvgIpc) is 3.14. The van der Waals surface area contributed by atoms with Crippen molar-refractivity contribution in [1.82, 2.24) is 0 Å². The molecule has 0 bridgehead atoms. The summed E-state index contributed by atoms with van der Waals surface area (Å²) >= 11 is 0. The molecule has 0 aromatic heterocycles. The monoisotopic (exact) mass is 357 g/mol. The highest BCUT2D eigenvalue weighted by atomic mass is 16.2. The number of nitrogens with two attached hydrogens (primary N) is 1. The molecule has 5 heteroatoms. The molecule has 4 rings (SSSR count). The summed E-state index contributed by atoms with van der Waals surface area (Å²) in [7, 11) is 0. The number of hydrogen-bond donors (Lipinski definition) is 1. The minimum absolute atomic E-state index is 0.508. The fourth-order valence-corrected chi connectivity index (χ4v) is 3.34. The van der Waals surface area contributed by atoms with Crippen LogP contribution in [-0.2, 0) is 16.0 Å². The Morgan fingerprint density at radius 2 is 1.44 bits per heavy atom. The Labute approximate surface area is 157 Å². The highest BCUT2D eigenvalue weighted by Gasteiger charge is 2.33. The number of benzene rings is 3. The van der Waals surface area contributed by atoms with E-state index in [2.05, 4.69) is 0 Å². The highest BCUT2D eigenvalue weighted by molar-refractivity contribution is 6.46. The normalized spacial score (nSPS) is 12.5. The SMILES string of the molecule is Nc1ccc(N(C(=O)C(=O)N2CCc3ccccc32)c2ccccc2)cc1. The van der Waals surface area contributed by atoms with E-state index in [9.17, 15) is 9.59 Å². The van der Waals surface area contributed by atoms with Gasteiger partial charge in [-0.2, -0.15) is 0 Å². The fourth-order valence-electron chi connectivity index (χ4n) is 3.34. The Kier molecular flexibility index (Phi) is 4.34. The number of carbonyl (C=O) groups excluding carboxylic acids is 2. The van der Waals surface area contributed by atoms with E-state index in [4.69, 9.17) is 5.73 Å². The van der Waals surface area contributed by atoms with E-state index in [0.717, 1.165) is 17.7 Å². The summed E-state index contributed by atoms with van der Waals surface area (Å²) in [5.74, 6) is -1.14. The van der Waals surface area contributed by atoms with Gasteiger partial charge in [0.2, 0.25) is 0 Å². The van der Waals surface area contributed by atoms with Crippen LogP contribution in [-0.4, -0.2) is 18.4 Å². The van der Waals surface area contributed by atoms with Gasteiger partial charge in [-0.25, -0.2) is 0 Å². The second kappa shape index (κ2) is 6.96. The summed E-state index contributed by atoms with van der Waals surface area (Å²) in [4.78, 5) is 29.3. The van der Waals surface area contributed by atoms with Crippen molar-refractivity contribution in [2.45, 2.75) is 6.42 Å². The fraction of sp³-hybridized carbons (Fsp3) is 0.0909. The molecule has 5 nitrogen and oxygen atoms in total. The number of carbonyl (C=O) groups is 2. The molecular formula is C22H19N3O2. The van der Waals surface area contributed by atoms with Gasteiger partial charge in [0.15, 0.2) is 0 Å². The molecule has 2 N–H and O–H groups in total. The second-order valence-electron chi connectivity index (χ2n) is 6.40. The minimum atomic E-state index is -0.595. The molecule has 0 saturated carbocycles. The van der Waals surface area contributed by atoms with Crippen molar-refractivity contribution in [1.29, 1.82) is 0 Å². The maximum absolute atomic E-state index is 13.2. The van der Waals surface area contributed by atoms with Gasteiger partial charge < -0.3 is 10.6 Å². The predicted octanol–water partition coefficient (Wildman–Crippen LogP) is 3.52. The Hall–Kier alpha value is -3.60. The van der Waals surface area contributed by atoms with E-state index in [1.54, 1.807) is 41.3 Å². The van der Waals surface area contributed by atoms with Gasteiger partial charge in [-0.1, -0.05) is 36.4 Å². The molecular weight excluding hydrogens is 338 g/mol. The standard InChI is InChI=1S/C22H19N3O2/c23-17-10-12-19(13-11-17)25(18-7-2-1-3-8-18)22(27)21(26)24-15-14-16-6-4-5-9-20(16)24/h1-13H,14-15,23H2. The number of rotatable bonds is 2. The number of amides is 2. The number of anilines is 4. The molecule has 0 fully saturated rings. The van der Waals surface area contributed by atoms with E-state index in [-0.39, 0.29) is 0 Å². The van der Waals surface area contributed by atoms with E-state index < -0.39 is 11.8 Å². The van der Waals surface area contributed by atoms with Gasteiger partial charge in [-0.15, -0.1) is 0 Å². The Bertz CT molecular complexity index is 984. The molecule has 3 aromatic carbocycles. The lowest BCUT2D eigenvalue weighted by Gasteiger charge is -2.25. The van der Waals surface area contributed by atoms with Crippen LogP contribution in [0, 0.1) is 0 Å². The lowest BCUT2D eigenvalue weighted by Crippen LogP contribution is -2.43. The summed E-state index contributed by atoms with van der Waals surface area (Å²) in [6.07, 6.45) is 0.752. The molecule has 0 saturated heterocycles. The number of fused-ring (bicyclic) bond motifs is 1. The molecule has 1 aliphatic rings. The van der Waals surface area contributed by atoms with Crippen molar-refractivity contribution < 1.29 is 9.59 Å². The first-order valence-electron chi connectivity index (χ1n) is 8.79. The zero-order chi connectivity index (χ0) is 18.8. The smallest absolute Gasteiger partial charge is 0.321 e. The van der Waals surface area contributed by atoms with Crippen molar-refractivity contribution in [2.24, 2.45) is 0 Å². The Morgan fingerprint density at radius 3 is 2.19 bits per heavy atom. The number of hydrogen-bond acceptors (Lipinski definition) is 3. The van der Waals surface area contributed by atoms with Crippen molar-refractivity contribution in [3.63, 3.8) is 0 Å². The third-order valence-electron chi connectivity index (χ3n) is 4.68. The first-order chi connectivity index (χ1) is 13.1. The van der Waals surface area contributed by atoms with Gasteiger partial charge in [0.1, 0.15) is 0 Å². The summed E-state index contributed by atoms with van der Waals surface area (Å²) in [6.45, 7) is 0.508. The predicted molar refractivity (Wildman–Crippen MR) is 107 cm³/mol. The van der Waals surface area contributed by atoms with Gasteiger partial charge in [-0.05, 0) is 54.4 Å². The van der Waals surface area contributed by atoms with Gasteiger partial charge in [-0.3, -0.25) is 14.5 Å². The molecule has 0 atom stereocenters. The quantitative estimate of drug-likeness (QED) is 0.564. The van der Waals surface area contributed by atoms with Crippen LogP contribution in [0.5, 0.6) is 0 Å². The van der Waals surface area contributed by atoms with Crippen LogP contribution < -0.4 is 15.5 Å². The maximum Gasteiger partial charge on any atom is 0.321 e. The van der Waals surface area contributed by atoms with Crippen molar-refractivity contribution in [2.75, 3.05) is 22.1 Å². The summed E-state index contributed by atoms with van der Waals surface area (Å²) in [5.41, 5.74) is 9.49. The molecule has 2 amide bonds. The lowest BCUT2D eigenvalue weighted by molar-refractivity contribution is -0.135. The van der Waals surface area contributed by atoms with Gasteiger partial charge in [0.25, 0.3) is 0 Å². The number of para-hydroxylation sites is 2. The Balaban J connectivity index is 1.71. The van der Waals surface area contributed by atoms with Crippen LogP contribution >= 0.6 is 0 Å². The molecule has 0 spiro atoms. The van der Waals surface area contributed by atoms with Gasteiger partial charge >= 0.3 is 11.8 Å². The zero-order valence-electron chi connectivity index (χ0n) is 14.7. The van der Waals surface area contributed by atoms with Crippen molar-refractivity contribution in [3.8, 4) is 0 Å². The molecule has 1 heterocycles. The van der Waals surface area contributed by atoms with Crippen molar-refractivity contribution >= 4 is 34.6 Å². The Morgan fingerprint density at radius 1 is 0.815 bits per heavy atom. The molecule has 0 unspecified atom stereocenters. The topological polar surface area (TPSA) is 66.6 Å². The van der Waals surface area contributed by atoms with Crippen LogP contribution in [0.3, 0.4) is 0 Å². The minimum Gasteiger partial charge on any atom is -0.399 e. The third kappa shape index (κ3) is 3.15. The van der Waals surface area contributed by atoms with Crippen LogP contribution in [0.1, 0.15) is 5.56 Å². The summed E-state index contributed by atoms with van der Waals surface area (Å²) < 4.78 is 0. The molecule has 3 aromatic rings. The van der Waals surface area contributed by atoms with Crippen LogP contribution in [0.15, 0.2) is 78.9 Å². The zero-order valence-corrected chi connectivity index (χ0v) is 14.7. The van der Waals surface area contributed by atoms with Crippen LogP contribution in [0.2, 0.25) is 0 Å². The molecule has 1 aliphatic heterocycles. The largest absolute Gasteiger partial charge is 0.399 e. The molecule has 134 valence electrons. The molecule has 27 heavy (non-hydrogen) atoms.